The van der Waals surface area contributed by atoms with E-state index in [9.17, 15) is 9.59 Å². The Morgan fingerprint density at radius 1 is 1.32 bits per heavy atom. The van der Waals surface area contributed by atoms with E-state index in [0.29, 0.717) is 18.6 Å². The third kappa shape index (κ3) is 1.79. The molecule has 1 aliphatic heterocycles. The fourth-order valence-corrected chi connectivity index (χ4v) is 2.28. The minimum Gasteiger partial charge on any atom is -0.453 e. The van der Waals surface area contributed by atoms with E-state index in [0.717, 1.165) is 16.8 Å². The van der Waals surface area contributed by atoms with Gasteiger partial charge in [0.2, 0.25) is 0 Å². The molecule has 2 amide bonds. The number of carbonyl (C=O) groups excluding carboxylic acids is 2. The molecule has 2 heterocycles. The van der Waals surface area contributed by atoms with Gasteiger partial charge in [-0.3, -0.25) is 9.69 Å². The second kappa shape index (κ2) is 4.28. The maximum Gasteiger partial charge on any atom is 0.321 e. The van der Waals surface area contributed by atoms with E-state index in [1.54, 1.807) is 24.1 Å². The maximum atomic E-state index is 11.7. The summed E-state index contributed by atoms with van der Waals surface area (Å²) in [6, 6.07) is 8.94. The zero-order valence-electron chi connectivity index (χ0n) is 10.3. The Hall–Kier alpha value is -2.56. The number of hydrogen-bond acceptors (Lipinski definition) is 3. The van der Waals surface area contributed by atoms with Crippen LogP contribution in [0.5, 0.6) is 0 Å². The summed E-state index contributed by atoms with van der Waals surface area (Å²) in [5.41, 5.74) is 2.64. The van der Waals surface area contributed by atoms with E-state index >= 15 is 0 Å². The fourth-order valence-electron chi connectivity index (χ4n) is 2.28. The van der Waals surface area contributed by atoms with Gasteiger partial charge >= 0.3 is 6.03 Å². The molecule has 5 heteroatoms. The number of aldehydes is 1. The summed E-state index contributed by atoms with van der Waals surface area (Å²) < 4.78 is 5.44. The molecule has 0 aliphatic carbocycles. The zero-order chi connectivity index (χ0) is 13.4. The summed E-state index contributed by atoms with van der Waals surface area (Å²) in [7, 11) is 1.71. The Balaban J connectivity index is 2.17. The Bertz CT molecular complexity index is 660. The topological polar surface area (TPSA) is 62.6 Å². The first-order chi connectivity index (χ1) is 9.20. The molecule has 0 unspecified atom stereocenters. The molecule has 5 nitrogen and oxygen atoms in total. The summed E-state index contributed by atoms with van der Waals surface area (Å²) in [6.45, 7) is 0.494. The molecule has 1 aromatic carbocycles. The lowest BCUT2D eigenvalue weighted by Gasteiger charge is -2.28. The number of carbonyl (C=O) groups is 2. The number of urea groups is 1. The van der Waals surface area contributed by atoms with Crippen molar-refractivity contribution in [3.8, 4) is 11.3 Å². The summed E-state index contributed by atoms with van der Waals surface area (Å²) in [4.78, 5) is 24.0. The highest BCUT2D eigenvalue weighted by molar-refractivity contribution is 5.99. The van der Waals surface area contributed by atoms with Crippen LogP contribution in [0.2, 0.25) is 0 Å². The summed E-state index contributed by atoms with van der Waals surface area (Å²) in [6.07, 6.45) is 0.662. The monoisotopic (exact) mass is 256 g/mol. The molecule has 0 saturated carbocycles. The number of amides is 2. The maximum absolute atomic E-state index is 11.7. The van der Waals surface area contributed by atoms with E-state index in [4.69, 9.17) is 4.42 Å². The van der Waals surface area contributed by atoms with Crippen molar-refractivity contribution in [2.75, 3.05) is 11.9 Å². The largest absolute Gasteiger partial charge is 0.453 e. The molecule has 96 valence electrons. The molecule has 3 rings (SSSR count). The van der Waals surface area contributed by atoms with Crippen molar-refractivity contribution in [1.29, 1.82) is 0 Å². The van der Waals surface area contributed by atoms with Crippen LogP contribution in [-0.4, -0.2) is 19.4 Å². The molecule has 0 radical (unpaired) electrons. The predicted octanol–water partition coefficient (Wildman–Crippen LogP) is 2.42. The average Bonchev–Trinajstić information content (AvgIpc) is 2.91. The quantitative estimate of drug-likeness (QED) is 0.839. The van der Waals surface area contributed by atoms with Crippen molar-refractivity contribution in [1.82, 2.24) is 5.32 Å². The fraction of sp³-hybridized carbons (Fsp3) is 0.143. The molecule has 1 aliphatic rings. The van der Waals surface area contributed by atoms with Gasteiger partial charge in [0.05, 0.1) is 5.69 Å². The lowest BCUT2D eigenvalue weighted by Crippen LogP contribution is -2.41. The van der Waals surface area contributed by atoms with Crippen molar-refractivity contribution in [3.63, 3.8) is 0 Å². The molecule has 0 fully saturated rings. The van der Waals surface area contributed by atoms with E-state index < -0.39 is 0 Å². The molecular formula is C14H12N2O3. The van der Waals surface area contributed by atoms with Crippen molar-refractivity contribution in [2.24, 2.45) is 0 Å². The van der Waals surface area contributed by atoms with E-state index in [-0.39, 0.29) is 11.8 Å². The van der Waals surface area contributed by atoms with Crippen LogP contribution in [0.15, 0.2) is 34.7 Å². The van der Waals surface area contributed by atoms with Crippen LogP contribution < -0.4 is 10.2 Å². The van der Waals surface area contributed by atoms with Crippen LogP contribution in [0.25, 0.3) is 11.3 Å². The normalized spacial score (nSPS) is 13.9. The molecule has 2 aromatic rings. The number of nitrogens with one attached hydrogen (secondary N) is 1. The van der Waals surface area contributed by atoms with Gasteiger partial charge in [0.1, 0.15) is 5.76 Å². The third-order valence-corrected chi connectivity index (χ3v) is 3.20. The standard InChI is InChI=1S/C14H12N2O3/c1-16-13-9(7-15-14(16)18)3-2-4-11(13)12-6-5-10(8-17)19-12/h2-6,8H,7H2,1H3,(H,15,18). The first kappa shape index (κ1) is 11.5. The average molecular weight is 256 g/mol. The van der Waals surface area contributed by atoms with Crippen LogP contribution in [0, 0.1) is 0 Å². The molecule has 0 bridgehead atoms. The minimum absolute atomic E-state index is 0.151. The van der Waals surface area contributed by atoms with Crippen molar-refractivity contribution < 1.29 is 14.0 Å². The Kier molecular flexibility index (Phi) is 2.59. The highest BCUT2D eigenvalue weighted by Crippen LogP contribution is 2.36. The van der Waals surface area contributed by atoms with E-state index in [2.05, 4.69) is 5.32 Å². The van der Waals surface area contributed by atoms with Gasteiger partial charge < -0.3 is 9.73 Å². The Morgan fingerprint density at radius 2 is 2.16 bits per heavy atom. The van der Waals surface area contributed by atoms with E-state index in [1.807, 2.05) is 18.2 Å². The van der Waals surface area contributed by atoms with Crippen LogP contribution in [-0.2, 0) is 6.54 Å². The van der Waals surface area contributed by atoms with Gasteiger partial charge in [0.25, 0.3) is 0 Å². The van der Waals surface area contributed by atoms with Crippen LogP contribution in [0.4, 0.5) is 10.5 Å². The van der Waals surface area contributed by atoms with E-state index in [1.165, 1.54) is 0 Å². The van der Waals surface area contributed by atoms with Gasteiger partial charge in [0, 0.05) is 19.2 Å². The van der Waals surface area contributed by atoms with Crippen molar-refractivity contribution >= 4 is 18.0 Å². The summed E-state index contributed by atoms with van der Waals surface area (Å²) in [5, 5.41) is 2.78. The number of para-hydroxylation sites is 1. The number of hydrogen-bond donors (Lipinski definition) is 1. The second-order valence-corrected chi connectivity index (χ2v) is 4.35. The smallest absolute Gasteiger partial charge is 0.321 e. The number of fused-ring (bicyclic) bond motifs is 1. The molecule has 19 heavy (non-hydrogen) atoms. The first-order valence-electron chi connectivity index (χ1n) is 5.89. The summed E-state index contributed by atoms with van der Waals surface area (Å²) >= 11 is 0. The van der Waals surface area contributed by atoms with Crippen molar-refractivity contribution in [2.45, 2.75) is 6.54 Å². The third-order valence-electron chi connectivity index (χ3n) is 3.20. The molecule has 1 aromatic heterocycles. The first-order valence-corrected chi connectivity index (χ1v) is 5.89. The van der Waals surface area contributed by atoms with Crippen molar-refractivity contribution in [3.05, 3.63) is 41.7 Å². The van der Waals surface area contributed by atoms with Crippen LogP contribution in [0.3, 0.4) is 0 Å². The van der Waals surface area contributed by atoms with Gasteiger partial charge in [-0.2, -0.15) is 0 Å². The highest BCUT2D eigenvalue weighted by atomic mass is 16.3. The SMILES string of the molecule is CN1C(=O)NCc2cccc(-c3ccc(C=O)o3)c21. The molecule has 0 saturated heterocycles. The molecule has 0 spiro atoms. The minimum atomic E-state index is -0.151. The van der Waals surface area contributed by atoms with Gasteiger partial charge in [-0.15, -0.1) is 0 Å². The van der Waals surface area contributed by atoms with Gasteiger partial charge in [-0.25, -0.2) is 4.79 Å². The zero-order valence-corrected chi connectivity index (χ0v) is 10.3. The molecule has 1 N–H and O–H groups in total. The van der Waals surface area contributed by atoms with Gasteiger partial charge in [0.15, 0.2) is 12.0 Å². The predicted molar refractivity (Wildman–Crippen MR) is 70.2 cm³/mol. The number of benzene rings is 1. The Morgan fingerprint density at radius 3 is 2.89 bits per heavy atom. The second-order valence-electron chi connectivity index (χ2n) is 4.35. The summed E-state index contributed by atoms with van der Waals surface area (Å²) in [5.74, 6) is 0.857. The molecule has 0 atom stereocenters. The lowest BCUT2D eigenvalue weighted by atomic mass is 10.0. The van der Waals surface area contributed by atoms with Crippen LogP contribution >= 0.6 is 0 Å². The number of furan rings is 1. The number of rotatable bonds is 2. The highest BCUT2D eigenvalue weighted by Gasteiger charge is 2.24. The van der Waals surface area contributed by atoms with Crippen LogP contribution in [0.1, 0.15) is 16.1 Å². The van der Waals surface area contributed by atoms with Gasteiger partial charge in [-0.05, 0) is 23.8 Å². The van der Waals surface area contributed by atoms with Gasteiger partial charge in [-0.1, -0.05) is 12.1 Å². The molecular weight excluding hydrogens is 244 g/mol. The Labute approximate surface area is 109 Å². The lowest BCUT2D eigenvalue weighted by molar-refractivity contribution is 0.110. The number of nitrogens with zero attached hydrogens (tertiary/aromatic N) is 1. The number of anilines is 1.